The van der Waals surface area contributed by atoms with Crippen LogP contribution in [0.1, 0.15) is 35.4 Å². The van der Waals surface area contributed by atoms with Crippen LogP contribution in [0, 0.1) is 0 Å². The number of nitrogens with one attached hydrogen (secondary N) is 2. The van der Waals surface area contributed by atoms with E-state index in [1.807, 2.05) is 54.6 Å². The van der Waals surface area contributed by atoms with E-state index in [0.717, 1.165) is 27.8 Å². The van der Waals surface area contributed by atoms with Gasteiger partial charge in [0.1, 0.15) is 49.8 Å². The lowest BCUT2D eigenvalue weighted by Gasteiger charge is -2.40. The van der Waals surface area contributed by atoms with Gasteiger partial charge < -0.3 is 45.3 Å². The molecule has 5 rings (SSSR count). The molecule has 1 heterocycles. The number of ether oxygens (including phenoxy) is 3. The van der Waals surface area contributed by atoms with Gasteiger partial charge in [0.25, 0.3) is 0 Å². The van der Waals surface area contributed by atoms with Gasteiger partial charge in [0.2, 0.25) is 5.91 Å². The van der Waals surface area contributed by atoms with E-state index < -0.39 is 61.1 Å². The van der Waals surface area contributed by atoms with Gasteiger partial charge in [-0.3, -0.25) is 4.79 Å². The maximum Gasteiger partial charge on any atom is 0.407 e. The second-order valence-electron chi connectivity index (χ2n) is 11.3. The van der Waals surface area contributed by atoms with Crippen molar-refractivity contribution in [2.24, 2.45) is 0 Å². The molecule has 3 aromatic carbocycles. The number of aliphatic hydroxyl groups excluding tert-OH is 4. The van der Waals surface area contributed by atoms with Crippen molar-refractivity contribution < 1.29 is 49.0 Å². The van der Waals surface area contributed by atoms with E-state index in [1.165, 1.54) is 0 Å². The second kappa shape index (κ2) is 15.3. The summed E-state index contributed by atoms with van der Waals surface area (Å²) in [5, 5.41) is 44.7. The van der Waals surface area contributed by atoms with Gasteiger partial charge in [-0.2, -0.15) is 0 Å². The largest absolute Gasteiger partial charge is 0.459 e. The molecule has 1 aliphatic carbocycles. The summed E-state index contributed by atoms with van der Waals surface area (Å²) in [7, 11) is 0. The predicted molar refractivity (Wildman–Crippen MR) is 164 cm³/mol. The van der Waals surface area contributed by atoms with Crippen LogP contribution in [0.5, 0.6) is 0 Å². The second-order valence-corrected chi connectivity index (χ2v) is 11.3. The van der Waals surface area contributed by atoms with Crippen LogP contribution >= 0.6 is 0 Å². The van der Waals surface area contributed by atoms with Crippen molar-refractivity contribution in [2.75, 3.05) is 19.8 Å². The van der Waals surface area contributed by atoms with Crippen molar-refractivity contribution in [3.05, 3.63) is 95.6 Å². The monoisotopic (exact) mass is 634 g/mol. The third-order valence-corrected chi connectivity index (χ3v) is 8.30. The van der Waals surface area contributed by atoms with Crippen molar-refractivity contribution in [2.45, 2.75) is 61.9 Å². The molecule has 1 saturated heterocycles. The molecular formula is C34H38N2O10. The van der Waals surface area contributed by atoms with Crippen LogP contribution in [0.4, 0.5) is 4.79 Å². The molecule has 12 nitrogen and oxygen atoms in total. The molecule has 0 bridgehead atoms. The highest BCUT2D eigenvalue weighted by molar-refractivity contribution is 5.83. The topological polar surface area (TPSA) is 184 Å². The van der Waals surface area contributed by atoms with E-state index in [1.54, 1.807) is 24.3 Å². The van der Waals surface area contributed by atoms with Crippen molar-refractivity contribution in [1.82, 2.24) is 10.6 Å². The van der Waals surface area contributed by atoms with Gasteiger partial charge in [-0.15, -0.1) is 0 Å². The number of esters is 1. The summed E-state index contributed by atoms with van der Waals surface area (Å²) in [5.74, 6) is -1.47. The van der Waals surface area contributed by atoms with Gasteiger partial charge in [-0.25, -0.2) is 9.59 Å². The van der Waals surface area contributed by atoms with E-state index in [9.17, 15) is 34.8 Å². The number of amides is 2. The maximum absolute atomic E-state index is 13.1. The summed E-state index contributed by atoms with van der Waals surface area (Å²) in [6.45, 7) is -0.829. The predicted octanol–water partition coefficient (Wildman–Crippen LogP) is 1.38. The van der Waals surface area contributed by atoms with Gasteiger partial charge in [-0.05, 0) is 34.2 Å². The number of alkyl carbamates (subject to hydrolysis) is 1. The van der Waals surface area contributed by atoms with E-state index in [0.29, 0.717) is 0 Å². The lowest BCUT2D eigenvalue weighted by atomic mass is 9.95. The van der Waals surface area contributed by atoms with E-state index in [4.69, 9.17) is 14.2 Å². The Hall–Kier alpha value is -4.33. The third kappa shape index (κ3) is 7.72. The SMILES string of the molecule is O=C(CC[C@H](NC(=O)OCC1c2ccccc2-c2ccccc21)C(=O)OCc1ccccc1)NC[C@@H]1O[C@H](CO)[C@@H](O)[C@H](O)[C@H]1O. The van der Waals surface area contributed by atoms with Crippen LogP contribution in [0.15, 0.2) is 78.9 Å². The molecule has 0 unspecified atom stereocenters. The highest BCUT2D eigenvalue weighted by atomic mass is 16.6. The van der Waals surface area contributed by atoms with Gasteiger partial charge in [0.15, 0.2) is 0 Å². The Morgan fingerprint density at radius 1 is 0.783 bits per heavy atom. The molecule has 0 spiro atoms. The van der Waals surface area contributed by atoms with Crippen LogP contribution in [0.3, 0.4) is 0 Å². The highest BCUT2D eigenvalue weighted by Gasteiger charge is 2.43. The summed E-state index contributed by atoms with van der Waals surface area (Å²) in [5.41, 5.74) is 4.96. The van der Waals surface area contributed by atoms with Gasteiger partial charge in [0.05, 0.1) is 6.61 Å². The van der Waals surface area contributed by atoms with Crippen molar-refractivity contribution >= 4 is 18.0 Å². The molecule has 244 valence electrons. The molecule has 6 atom stereocenters. The number of hydrogen-bond acceptors (Lipinski definition) is 10. The highest BCUT2D eigenvalue weighted by Crippen LogP contribution is 2.44. The number of fused-ring (bicyclic) bond motifs is 3. The zero-order valence-corrected chi connectivity index (χ0v) is 25.0. The first kappa shape index (κ1) is 33.0. The Labute approximate surface area is 265 Å². The number of hydrogen-bond donors (Lipinski definition) is 6. The van der Waals surface area contributed by atoms with Crippen LogP contribution in [0.2, 0.25) is 0 Å². The molecule has 0 radical (unpaired) electrons. The first-order chi connectivity index (χ1) is 22.3. The van der Waals surface area contributed by atoms with Crippen LogP contribution in [-0.2, 0) is 30.4 Å². The Kier molecular flexibility index (Phi) is 11.0. The Morgan fingerprint density at radius 3 is 2.04 bits per heavy atom. The minimum atomic E-state index is -1.57. The van der Waals surface area contributed by atoms with Crippen molar-refractivity contribution in [3.63, 3.8) is 0 Å². The summed E-state index contributed by atoms with van der Waals surface area (Å²) >= 11 is 0. The average molecular weight is 635 g/mol. The molecule has 0 saturated carbocycles. The van der Waals surface area contributed by atoms with Crippen molar-refractivity contribution in [3.8, 4) is 11.1 Å². The molecule has 1 aliphatic heterocycles. The Bertz CT molecular complexity index is 1450. The van der Waals surface area contributed by atoms with Gasteiger partial charge in [-0.1, -0.05) is 78.9 Å². The number of carbonyl (C=O) groups is 3. The zero-order chi connectivity index (χ0) is 32.6. The summed E-state index contributed by atoms with van der Waals surface area (Å²) in [6.07, 6.45) is -7.98. The summed E-state index contributed by atoms with van der Waals surface area (Å²) < 4.78 is 16.5. The molecule has 3 aromatic rings. The normalized spacial score (nSPS) is 22.7. The fraction of sp³-hybridized carbons (Fsp3) is 0.382. The van der Waals surface area contributed by atoms with Crippen LogP contribution in [0.25, 0.3) is 11.1 Å². The molecule has 12 heteroatoms. The number of aliphatic hydroxyl groups is 4. The Balaban J connectivity index is 1.18. The molecule has 6 N–H and O–H groups in total. The minimum Gasteiger partial charge on any atom is -0.459 e. The Morgan fingerprint density at radius 2 is 1.39 bits per heavy atom. The first-order valence-electron chi connectivity index (χ1n) is 15.2. The van der Waals surface area contributed by atoms with Crippen LogP contribution < -0.4 is 10.6 Å². The number of benzene rings is 3. The zero-order valence-electron chi connectivity index (χ0n) is 25.0. The minimum absolute atomic E-state index is 0.0330. The first-order valence-corrected chi connectivity index (χ1v) is 15.2. The fourth-order valence-electron chi connectivity index (χ4n) is 5.79. The standard InChI is InChI=1S/C34H38N2O10/c37-17-28-31(40)32(41)30(39)27(46-28)16-35-29(38)15-14-26(33(42)44-18-20-8-2-1-3-9-20)36-34(43)45-19-25-23-12-6-4-10-21(23)22-11-5-7-13-24(22)25/h1-13,25-28,30-32,37,39-41H,14-19H2,(H,35,38)(H,36,43)/t26-,27-,28+,30-,31+,32+/m0/s1. The average Bonchev–Trinajstić information content (AvgIpc) is 3.40. The number of rotatable bonds is 12. The smallest absolute Gasteiger partial charge is 0.407 e. The molecule has 2 aliphatic rings. The lowest BCUT2D eigenvalue weighted by Crippen LogP contribution is -2.60. The van der Waals surface area contributed by atoms with Gasteiger partial charge >= 0.3 is 12.1 Å². The summed E-state index contributed by atoms with van der Waals surface area (Å²) in [6, 6.07) is 23.6. The molecule has 0 aromatic heterocycles. The quantitative estimate of drug-likeness (QED) is 0.159. The number of carbonyl (C=O) groups excluding carboxylic acids is 3. The third-order valence-electron chi connectivity index (χ3n) is 8.30. The lowest BCUT2D eigenvalue weighted by molar-refractivity contribution is -0.227. The van der Waals surface area contributed by atoms with Crippen molar-refractivity contribution in [1.29, 1.82) is 0 Å². The summed E-state index contributed by atoms with van der Waals surface area (Å²) in [4.78, 5) is 38.8. The molecular weight excluding hydrogens is 596 g/mol. The maximum atomic E-state index is 13.1. The van der Waals surface area contributed by atoms with E-state index >= 15 is 0 Å². The molecule has 46 heavy (non-hydrogen) atoms. The van der Waals surface area contributed by atoms with Gasteiger partial charge in [0, 0.05) is 18.9 Å². The van der Waals surface area contributed by atoms with Crippen LogP contribution in [-0.4, -0.2) is 94.7 Å². The van der Waals surface area contributed by atoms with E-state index in [-0.39, 0.29) is 38.5 Å². The molecule has 1 fully saturated rings. The molecule has 2 amide bonds. The fourth-order valence-corrected chi connectivity index (χ4v) is 5.79. The van der Waals surface area contributed by atoms with E-state index in [2.05, 4.69) is 10.6 Å².